The fraction of sp³-hybridized carbons (Fsp3) is 0.0909. The summed E-state index contributed by atoms with van der Waals surface area (Å²) in [6, 6.07) is 3.42. The van der Waals surface area contributed by atoms with E-state index in [1.165, 1.54) is 29.7 Å². The average Bonchev–Trinajstić information content (AvgIpc) is 2.70. The van der Waals surface area contributed by atoms with Gasteiger partial charge in [0.1, 0.15) is 11.6 Å². The third kappa shape index (κ3) is 2.30. The lowest BCUT2D eigenvalue weighted by Crippen LogP contribution is -1.92. The van der Waals surface area contributed by atoms with Crippen LogP contribution in [-0.2, 0) is 6.42 Å². The molecule has 5 heteroatoms. The van der Waals surface area contributed by atoms with Crippen molar-refractivity contribution in [2.75, 3.05) is 0 Å². The van der Waals surface area contributed by atoms with E-state index in [-0.39, 0.29) is 6.42 Å². The molecule has 1 aromatic heterocycles. The summed E-state index contributed by atoms with van der Waals surface area (Å²) in [7, 11) is 0. The maximum absolute atomic E-state index is 13.3. The van der Waals surface area contributed by atoms with E-state index >= 15 is 0 Å². The number of rotatable bonds is 3. The minimum atomic E-state index is -0.603. The summed E-state index contributed by atoms with van der Waals surface area (Å²) < 4.78 is 25.9. The van der Waals surface area contributed by atoms with Crippen molar-refractivity contribution in [2.24, 2.45) is 0 Å². The Morgan fingerprint density at radius 3 is 2.81 bits per heavy atom. The molecule has 0 saturated carbocycles. The molecule has 0 unspecified atom stereocenters. The molecule has 0 bridgehead atoms. The first-order valence-electron chi connectivity index (χ1n) is 4.53. The second-order valence-corrected chi connectivity index (χ2v) is 4.33. The van der Waals surface area contributed by atoms with Gasteiger partial charge in [-0.25, -0.2) is 13.8 Å². The van der Waals surface area contributed by atoms with Crippen molar-refractivity contribution in [2.45, 2.75) is 6.42 Å². The van der Waals surface area contributed by atoms with Crippen molar-refractivity contribution in [3.63, 3.8) is 0 Å². The van der Waals surface area contributed by atoms with E-state index in [0.717, 1.165) is 6.07 Å². The van der Waals surface area contributed by atoms with Gasteiger partial charge in [0.2, 0.25) is 0 Å². The highest BCUT2D eigenvalue weighted by Gasteiger charge is 2.07. The van der Waals surface area contributed by atoms with Crippen LogP contribution in [0.25, 0.3) is 0 Å². The smallest absolute Gasteiger partial charge is 0.161 e. The highest BCUT2D eigenvalue weighted by molar-refractivity contribution is 7.13. The summed E-state index contributed by atoms with van der Waals surface area (Å²) in [5.74, 6) is -1.20. The summed E-state index contributed by atoms with van der Waals surface area (Å²) in [6.45, 7) is 0. The minimum Gasteiger partial charge on any atom is -0.297 e. The van der Waals surface area contributed by atoms with Crippen molar-refractivity contribution in [1.29, 1.82) is 0 Å². The van der Waals surface area contributed by atoms with Crippen molar-refractivity contribution in [1.82, 2.24) is 4.98 Å². The molecule has 0 saturated heterocycles. The molecule has 0 spiro atoms. The molecule has 0 N–H and O–H groups in total. The zero-order valence-corrected chi connectivity index (χ0v) is 8.93. The van der Waals surface area contributed by atoms with Gasteiger partial charge in [-0.1, -0.05) is 6.07 Å². The van der Waals surface area contributed by atoms with Gasteiger partial charge in [-0.3, -0.25) is 4.79 Å². The summed E-state index contributed by atoms with van der Waals surface area (Å²) in [5.41, 5.74) is 0.369. The lowest BCUT2D eigenvalue weighted by molar-refractivity contribution is 0.112. The first-order chi connectivity index (χ1) is 7.69. The predicted molar refractivity (Wildman–Crippen MR) is 56.7 cm³/mol. The third-order valence-corrected chi connectivity index (χ3v) is 2.97. The predicted octanol–water partition coefficient (Wildman–Crippen LogP) is 2.82. The average molecular weight is 239 g/mol. The Morgan fingerprint density at radius 1 is 1.38 bits per heavy atom. The maximum Gasteiger partial charge on any atom is 0.161 e. The van der Waals surface area contributed by atoms with Crippen LogP contribution in [0.1, 0.15) is 20.2 Å². The van der Waals surface area contributed by atoms with Crippen LogP contribution in [0.3, 0.4) is 0 Å². The van der Waals surface area contributed by atoms with E-state index in [1.54, 1.807) is 0 Å². The second-order valence-electron chi connectivity index (χ2n) is 3.19. The normalized spacial score (nSPS) is 10.4. The van der Waals surface area contributed by atoms with Gasteiger partial charge < -0.3 is 0 Å². The van der Waals surface area contributed by atoms with Crippen LogP contribution < -0.4 is 0 Å². The van der Waals surface area contributed by atoms with E-state index in [4.69, 9.17) is 0 Å². The number of aromatic nitrogens is 1. The molecule has 1 aromatic carbocycles. The monoisotopic (exact) mass is 239 g/mol. The molecule has 2 aromatic rings. The first-order valence-corrected chi connectivity index (χ1v) is 5.34. The van der Waals surface area contributed by atoms with E-state index in [1.807, 2.05) is 0 Å². The Balaban J connectivity index is 2.23. The molecule has 1 heterocycles. The van der Waals surface area contributed by atoms with E-state index in [0.29, 0.717) is 21.7 Å². The highest BCUT2D eigenvalue weighted by atomic mass is 32.1. The number of thiazole rings is 1. The Morgan fingerprint density at radius 2 is 2.19 bits per heavy atom. The SMILES string of the molecule is O=Cc1cnc(Cc2ccc(F)cc2F)s1. The summed E-state index contributed by atoms with van der Waals surface area (Å²) in [6.07, 6.45) is 2.40. The van der Waals surface area contributed by atoms with Gasteiger partial charge >= 0.3 is 0 Å². The summed E-state index contributed by atoms with van der Waals surface area (Å²) >= 11 is 1.20. The molecule has 0 fully saturated rings. The zero-order valence-electron chi connectivity index (χ0n) is 8.11. The van der Waals surface area contributed by atoms with Gasteiger partial charge in [-0.15, -0.1) is 11.3 Å². The zero-order chi connectivity index (χ0) is 11.5. The first kappa shape index (κ1) is 10.9. The fourth-order valence-corrected chi connectivity index (χ4v) is 2.05. The van der Waals surface area contributed by atoms with Crippen molar-refractivity contribution in [3.05, 3.63) is 51.5 Å². The van der Waals surface area contributed by atoms with Crippen LogP contribution in [0.2, 0.25) is 0 Å². The van der Waals surface area contributed by atoms with Gasteiger partial charge in [0.05, 0.1) is 9.88 Å². The standard InChI is InChI=1S/C11H7F2NOS/c12-8-2-1-7(10(13)4-8)3-11-14-5-9(6-15)16-11/h1-2,4-6H,3H2. The molecule has 0 aliphatic rings. The largest absolute Gasteiger partial charge is 0.297 e. The van der Waals surface area contributed by atoms with Gasteiger partial charge in [0.15, 0.2) is 6.29 Å². The van der Waals surface area contributed by atoms with Crippen LogP contribution >= 0.6 is 11.3 Å². The lowest BCUT2D eigenvalue weighted by atomic mass is 10.1. The number of carbonyl (C=O) groups is 1. The van der Waals surface area contributed by atoms with Crippen molar-refractivity contribution >= 4 is 17.6 Å². The van der Waals surface area contributed by atoms with Gasteiger partial charge in [-0.05, 0) is 11.6 Å². The Bertz CT molecular complexity index is 524. The van der Waals surface area contributed by atoms with E-state index < -0.39 is 11.6 Å². The molecule has 82 valence electrons. The van der Waals surface area contributed by atoms with Crippen LogP contribution in [0, 0.1) is 11.6 Å². The van der Waals surface area contributed by atoms with E-state index in [9.17, 15) is 13.6 Å². The Hall–Kier alpha value is -1.62. The third-order valence-electron chi connectivity index (χ3n) is 2.04. The van der Waals surface area contributed by atoms with Crippen molar-refractivity contribution < 1.29 is 13.6 Å². The highest BCUT2D eigenvalue weighted by Crippen LogP contribution is 2.18. The fourth-order valence-electron chi connectivity index (χ4n) is 1.29. The summed E-state index contributed by atoms with van der Waals surface area (Å²) in [4.78, 5) is 14.9. The molecule has 0 aliphatic carbocycles. The molecule has 2 nitrogen and oxygen atoms in total. The molecule has 0 atom stereocenters. The number of aldehydes is 1. The molecule has 2 rings (SSSR count). The van der Waals surface area contributed by atoms with Crippen LogP contribution in [0.15, 0.2) is 24.4 Å². The second kappa shape index (κ2) is 4.49. The molecule has 16 heavy (non-hydrogen) atoms. The lowest BCUT2D eigenvalue weighted by Gasteiger charge is -1.99. The number of halogens is 2. The molecule has 0 radical (unpaired) electrons. The Kier molecular flexibility index (Phi) is 3.05. The Labute approximate surface area is 94.6 Å². The van der Waals surface area contributed by atoms with Crippen LogP contribution in [0.5, 0.6) is 0 Å². The van der Waals surface area contributed by atoms with Gasteiger partial charge in [-0.2, -0.15) is 0 Å². The number of carbonyl (C=O) groups excluding carboxylic acids is 1. The van der Waals surface area contributed by atoms with E-state index in [2.05, 4.69) is 4.98 Å². The maximum atomic E-state index is 13.3. The molecular weight excluding hydrogens is 232 g/mol. The van der Waals surface area contributed by atoms with Crippen molar-refractivity contribution in [3.8, 4) is 0 Å². The van der Waals surface area contributed by atoms with Gasteiger partial charge in [0.25, 0.3) is 0 Å². The number of hydrogen-bond donors (Lipinski definition) is 0. The minimum absolute atomic E-state index is 0.268. The van der Waals surface area contributed by atoms with Crippen LogP contribution in [-0.4, -0.2) is 11.3 Å². The number of hydrogen-bond acceptors (Lipinski definition) is 3. The quantitative estimate of drug-likeness (QED) is 0.771. The number of benzene rings is 1. The molecule has 0 amide bonds. The topological polar surface area (TPSA) is 30.0 Å². The summed E-state index contributed by atoms with van der Waals surface area (Å²) in [5, 5.41) is 0.632. The molecule has 0 aliphatic heterocycles. The van der Waals surface area contributed by atoms with Gasteiger partial charge in [0, 0.05) is 18.7 Å². The number of nitrogens with zero attached hydrogens (tertiary/aromatic N) is 1. The molecular formula is C11H7F2NOS. The van der Waals surface area contributed by atoms with Crippen LogP contribution in [0.4, 0.5) is 8.78 Å².